The Morgan fingerprint density at radius 3 is 2.67 bits per heavy atom. The fourth-order valence-electron chi connectivity index (χ4n) is 2.81. The quantitative estimate of drug-likeness (QED) is 0.799. The Hall–Kier alpha value is -1.62. The van der Waals surface area contributed by atoms with Gasteiger partial charge in [0.1, 0.15) is 5.82 Å². The minimum absolute atomic E-state index is 0.0477. The number of rotatable bonds is 4. The first-order valence-electron chi connectivity index (χ1n) is 7.41. The van der Waals surface area contributed by atoms with E-state index in [1.165, 1.54) is 6.07 Å². The van der Waals surface area contributed by atoms with Crippen molar-refractivity contribution in [2.24, 2.45) is 0 Å². The summed E-state index contributed by atoms with van der Waals surface area (Å²) < 4.78 is 13.6. The maximum atomic E-state index is 13.6. The number of aliphatic hydroxyl groups excluding tert-OH is 1. The number of halogens is 1. The average molecular weight is 294 g/mol. The standard InChI is InChI=1S/C16H23FN2O2/c1-11-5-6-13(9-14(11)17)12(2)18-15(21)19-16(10-20)7-3-4-8-16/h5-6,9,12,20H,3-4,7-8,10H2,1-2H3,(H2,18,19,21). The first kappa shape index (κ1) is 15.8. The van der Waals surface area contributed by atoms with Crippen LogP contribution in [-0.4, -0.2) is 23.3 Å². The SMILES string of the molecule is Cc1ccc(C(C)NC(=O)NC2(CO)CCCC2)cc1F. The smallest absolute Gasteiger partial charge is 0.315 e. The van der Waals surface area contributed by atoms with E-state index >= 15 is 0 Å². The zero-order valence-electron chi connectivity index (χ0n) is 12.6. The molecule has 116 valence electrons. The Labute approximate surface area is 124 Å². The van der Waals surface area contributed by atoms with Crippen LogP contribution in [0.4, 0.5) is 9.18 Å². The van der Waals surface area contributed by atoms with Gasteiger partial charge in [-0.2, -0.15) is 0 Å². The number of benzene rings is 1. The number of amides is 2. The number of hydrogen-bond donors (Lipinski definition) is 3. The molecular formula is C16H23FN2O2. The zero-order valence-corrected chi connectivity index (χ0v) is 12.6. The first-order valence-corrected chi connectivity index (χ1v) is 7.41. The predicted octanol–water partition coefficient (Wildman–Crippen LogP) is 2.80. The zero-order chi connectivity index (χ0) is 15.5. The summed E-state index contributed by atoms with van der Waals surface area (Å²) in [7, 11) is 0. The molecule has 1 aromatic carbocycles. The number of nitrogens with one attached hydrogen (secondary N) is 2. The summed E-state index contributed by atoms with van der Waals surface area (Å²) in [6.07, 6.45) is 3.62. The van der Waals surface area contributed by atoms with Crippen LogP contribution in [-0.2, 0) is 0 Å². The van der Waals surface area contributed by atoms with Gasteiger partial charge in [-0.25, -0.2) is 9.18 Å². The molecule has 1 fully saturated rings. The van der Waals surface area contributed by atoms with E-state index in [0.29, 0.717) is 5.56 Å². The second kappa shape index (κ2) is 6.43. The molecule has 5 heteroatoms. The maximum Gasteiger partial charge on any atom is 0.315 e. The fourth-order valence-corrected chi connectivity index (χ4v) is 2.81. The Balaban J connectivity index is 1.96. The summed E-state index contributed by atoms with van der Waals surface area (Å²) in [5.41, 5.74) is 0.806. The van der Waals surface area contributed by atoms with Gasteiger partial charge in [-0.3, -0.25) is 0 Å². The van der Waals surface area contributed by atoms with Gasteiger partial charge in [0.25, 0.3) is 0 Å². The van der Waals surface area contributed by atoms with Crippen molar-refractivity contribution in [1.82, 2.24) is 10.6 Å². The average Bonchev–Trinajstić information content (AvgIpc) is 2.90. The van der Waals surface area contributed by atoms with Crippen LogP contribution in [0.2, 0.25) is 0 Å². The molecule has 0 saturated heterocycles. The molecule has 4 nitrogen and oxygen atoms in total. The van der Waals surface area contributed by atoms with E-state index in [-0.39, 0.29) is 24.5 Å². The van der Waals surface area contributed by atoms with E-state index in [9.17, 15) is 14.3 Å². The predicted molar refractivity (Wildman–Crippen MR) is 79.5 cm³/mol. The Morgan fingerprint density at radius 1 is 1.43 bits per heavy atom. The minimum atomic E-state index is -0.498. The molecule has 0 aromatic heterocycles. The minimum Gasteiger partial charge on any atom is -0.394 e. The van der Waals surface area contributed by atoms with Crippen LogP contribution in [0.5, 0.6) is 0 Å². The summed E-state index contributed by atoms with van der Waals surface area (Å²) in [5.74, 6) is -0.274. The van der Waals surface area contributed by atoms with Gasteiger partial charge in [-0.05, 0) is 43.9 Å². The highest BCUT2D eigenvalue weighted by atomic mass is 19.1. The molecule has 0 spiro atoms. The highest BCUT2D eigenvalue weighted by Gasteiger charge is 2.34. The van der Waals surface area contributed by atoms with Crippen LogP contribution in [0.3, 0.4) is 0 Å². The topological polar surface area (TPSA) is 61.4 Å². The molecule has 3 N–H and O–H groups in total. The highest BCUT2D eigenvalue weighted by molar-refractivity contribution is 5.75. The molecule has 0 aliphatic heterocycles. The van der Waals surface area contributed by atoms with Crippen LogP contribution in [0.25, 0.3) is 0 Å². The number of aliphatic hydroxyl groups is 1. The highest BCUT2D eigenvalue weighted by Crippen LogP contribution is 2.29. The van der Waals surface area contributed by atoms with Gasteiger partial charge in [0.2, 0.25) is 0 Å². The van der Waals surface area contributed by atoms with Crippen molar-refractivity contribution in [2.75, 3.05) is 6.61 Å². The van der Waals surface area contributed by atoms with E-state index in [2.05, 4.69) is 10.6 Å². The molecule has 21 heavy (non-hydrogen) atoms. The number of urea groups is 1. The van der Waals surface area contributed by atoms with Crippen LogP contribution < -0.4 is 10.6 Å². The molecule has 1 unspecified atom stereocenters. The van der Waals surface area contributed by atoms with Gasteiger partial charge in [0.05, 0.1) is 18.2 Å². The van der Waals surface area contributed by atoms with Crippen molar-refractivity contribution in [2.45, 2.75) is 51.1 Å². The summed E-state index contributed by atoms with van der Waals surface area (Å²) in [4.78, 5) is 12.1. The van der Waals surface area contributed by atoms with Crippen LogP contribution in [0.1, 0.15) is 49.8 Å². The third kappa shape index (κ3) is 3.73. The van der Waals surface area contributed by atoms with Crippen LogP contribution >= 0.6 is 0 Å². The summed E-state index contributed by atoms with van der Waals surface area (Å²) >= 11 is 0. The van der Waals surface area contributed by atoms with E-state index < -0.39 is 5.54 Å². The molecule has 0 bridgehead atoms. The number of carbonyl (C=O) groups excluding carboxylic acids is 1. The van der Waals surface area contributed by atoms with Crippen molar-refractivity contribution in [3.63, 3.8) is 0 Å². The summed E-state index contributed by atoms with van der Waals surface area (Å²) in [6, 6.07) is 4.34. The lowest BCUT2D eigenvalue weighted by molar-refractivity contribution is 0.162. The number of carbonyl (C=O) groups is 1. The molecule has 1 aromatic rings. The molecule has 0 heterocycles. The Bertz CT molecular complexity index is 513. The summed E-state index contributed by atoms with van der Waals surface area (Å²) in [5, 5.41) is 15.2. The second-order valence-electron chi connectivity index (χ2n) is 5.97. The molecular weight excluding hydrogens is 271 g/mol. The lowest BCUT2D eigenvalue weighted by Gasteiger charge is -2.29. The normalized spacial score (nSPS) is 18.3. The fraction of sp³-hybridized carbons (Fsp3) is 0.562. The molecule has 1 atom stereocenters. The molecule has 1 saturated carbocycles. The number of hydrogen-bond acceptors (Lipinski definition) is 2. The van der Waals surface area contributed by atoms with E-state index in [1.54, 1.807) is 19.1 Å². The van der Waals surface area contributed by atoms with Gasteiger partial charge in [0, 0.05) is 0 Å². The van der Waals surface area contributed by atoms with Crippen LogP contribution in [0, 0.1) is 12.7 Å². The van der Waals surface area contributed by atoms with Crippen molar-refractivity contribution in [3.05, 3.63) is 35.1 Å². The molecule has 0 radical (unpaired) electrons. The van der Waals surface area contributed by atoms with Crippen LogP contribution in [0.15, 0.2) is 18.2 Å². The van der Waals surface area contributed by atoms with Crippen molar-refractivity contribution >= 4 is 6.03 Å². The maximum absolute atomic E-state index is 13.6. The van der Waals surface area contributed by atoms with Gasteiger partial charge in [-0.1, -0.05) is 25.0 Å². The van der Waals surface area contributed by atoms with Gasteiger partial charge in [-0.15, -0.1) is 0 Å². The van der Waals surface area contributed by atoms with Crippen molar-refractivity contribution in [1.29, 1.82) is 0 Å². The van der Waals surface area contributed by atoms with Crippen molar-refractivity contribution < 1.29 is 14.3 Å². The molecule has 2 rings (SSSR count). The van der Waals surface area contributed by atoms with Gasteiger partial charge < -0.3 is 15.7 Å². The van der Waals surface area contributed by atoms with Gasteiger partial charge in [0.15, 0.2) is 0 Å². The molecule has 1 aliphatic rings. The Morgan fingerprint density at radius 2 is 2.10 bits per heavy atom. The Kier molecular flexibility index (Phi) is 4.83. The summed E-state index contributed by atoms with van der Waals surface area (Å²) in [6.45, 7) is 3.47. The lowest BCUT2D eigenvalue weighted by atomic mass is 9.99. The monoisotopic (exact) mass is 294 g/mol. The van der Waals surface area contributed by atoms with Crippen molar-refractivity contribution in [3.8, 4) is 0 Å². The van der Waals surface area contributed by atoms with Gasteiger partial charge >= 0.3 is 6.03 Å². The van der Waals surface area contributed by atoms with E-state index in [1.807, 2.05) is 6.92 Å². The van der Waals surface area contributed by atoms with E-state index in [4.69, 9.17) is 0 Å². The molecule has 1 aliphatic carbocycles. The lowest BCUT2D eigenvalue weighted by Crippen LogP contribution is -2.53. The third-order valence-electron chi connectivity index (χ3n) is 4.29. The number of aryl methyl sites for hydroxylation is 1. The first-order chi connectivity index (χ1) is 9.96. The molecule has 2 amide bonds. The largest absolute Gasteiger partial charge is 0.394 e. The second-order valence-corrected chi connectivity index (χ2v) is 5.97. The third-order valence-corrected chi connectivity index (χ3v) is 4.29. The van der Waals surface area contributed by atoms with E-state index in [0.717, 1.165) is 31.2 Å².